The van der Waals surface area contributed by atoms with Gasteiger partial charge in [0.25, 0.3) is 0 Å². The van der Waals surface area contributed by atoms with E-state index in [1.807, 2.05) is 11.8 Å². The Hall–Kier alpha value is -0.510. The predicted octanol–water partition coefficient (Wildman–Crippen LogP) is 2.60. The summed E-state index contributed by atoms with van der Waals surface area (Å²) in [6.07, 6.45) is 1.18. The highest BCUT2D eigenvalue weighted by molar-refractivity contribution is 7.99. The highest BCUT2D eigenvalue weighted by atomic mass is 32.2. The van der Waals surface area contributed by atoms with E-state index in [1.165, 1.54) is 30.2 Å². The molecule has 1 unspecified atom stereocenters. The van der Waals surface area contributed by atoms with Crippen LogP contribution < -0.4 is 0 Å². The first-order chi connectivity index (χ1) is 8.43. The van der Waals surface area contributed by atoms with Gasteiger partial charge in [0.1, 0.15) is 0 Å². The van der Waals surface area contributed by atoms with Crippen LogP contribution in [0, 0.1) is 0 Å². The third-order valence-corrected chi connectivity index (χ3v) is 4.84. The third kappa shape index (κ3) is 2.67. The van der Waals surface area contributed by atoms with Crippen molar-refractivity contribution in [1.82, 2.24) is 4.90 Å². The molecule has 1 aromatic rings. The van der Waals surface area contributed by atoms with E-state index in [0.29, 0.717) is 5.92 Å². The Labute approximate surface area is 107 Å². The highest BCUT2D eigenvalue weighted by Gasteiger charge is 2.24. The second-order valence-corrected chi connectivity index (χ2v) is 5.87. The van der Waals surface area contributed by atoms with Gasteiger partial charge in [0.2, 0.25) is 0 Å². The Morgan fingerprint density at radius 2 is 2.18 bits per heavy atom. The van der Waals surface area contributed by atoms with Crippen LogP contribution in [0.3, 0.4) is 0 Å². The lowest BCUT2D eigenvalue weighted by molar-refractivity contribution is 0.140. The van der Waals surface area contributed by atoms with Gasteiger partial charge in [0.05, 0.1) is 6.61 Å². The van der Waals surface area contributed by atoms with Gasteiger partial charge in [0, 0.05) is 42.8 Å². The number of benzene rings is 1. The van der Waals surface area contributed by atoms with Crippen molar-refractivity contribution in [3.05, 3.63) is 29.8 Å². The van der Waals surface area contributed by atoms with E-state index in [4.69, 9.17) is 4.74 Å². The summed E-state index contributed by atoms with van der Waals surface area (Å²) in [6.45, 7) is 5.34. The molecule has 1 atom stereocenters. The number of ether oxygens (including phenoxy) is 1. The van der Waals surface area contributed by atoms with Crippen molar-refractivity contribution in [2.24, 2.45) is 0 Å². The fraction of sp³-hybridized carbons (Fsp3) is 0.571. The van der Waals surface area contributed by atoms with E-state index < -0.39 is 0 Å². The first-order valence-corrected chi connectivity index (χ1v) is 7.44. The maximum absolute atomic E-state index is 5.51. The molecule has 1 saturated heterocycles. The first-order valence-electron chi connectivity index (χ1n) is 6.45. The average Bonchev–Trinajstić information content (AvgIpc) is 2.59. The second-order valence-electron chi connectivity index (χ2n) is 4.81. The first kappa shape index (κ1) is 11.6. The van der Waals surface area contributed by atoms with Crippen LogP contribution in [0.15, 0.2) is 29.2 Å². The molecule has 1 aromatic carbocycles. The summed E-state index contributed by atoms with van der Waals surface area (Å²) in [7, 11) is 0. The van der Waals surface area contributed by atoms with Gasteiger partial charge in [-0.25, -0.2) is 0 Å². The van der Waals surface area contributed by atoms with Crippen LogP contribution in [0.25, 0.3) is 0 Å². The maximum atomic E-state index is 5.51. The van der Waals surface area contributed by atoms with Crippen molar-refractivity contribution in [1.29, 1.82) is 0 Å². The topological polar surface area (TPSA) is 12.5 Å². The zero-order chi connectivity index (χ0) is 11.5. The van der Waals surface area contributed by atoms with Gasteiger partial charge >= 0.3 is 0 Å². The molecule has 0 aliphatic carbocycles. The van der Waals surface area contributed by atoms with E-state index in [1.54, 1.807) is 5.56 Å². The summed E-state index contributed by atoms with van der Waals surface area (Å²) in [4.78, 5) is 4.06. The van der Waals surface area contributed by atoms with Crippen LogP contribution >= 0.6 is 11.8 Å². The Morgan fingerprint density at radius 1 is 1.24 bits per heavy atom. The molecule has 0 aromatic heterocycles. The number of rotatable bonds is 2. The van der Waals surface area contributed by atoms with Crippen LogP contribution in [0.4, 0.5) is 0 Å². The average molecular weight is 249 g/mol. The van der Waals surface area contributed by atoms with E-state index in [2.05, 4.69) is 29.2 Å². The van der Waals surface area contributed by atoms with Crippen LogP contribution in [-0.2, 0) is 4.74 Å². The molecule has 0 saturated carbocycles. The summed E-state index contributed by atoms with van der Waals surface area (Å²) in [5, 5.41) is 0. The fourth-order valence-electron chi connectivity index (χ4n) is 2.67. The SMILES string of the molecule is c1ccc2c(c1)SCC2CN1CCCOCC1. The molecule has 1 fully saturated rings. The lowest BCUT2D eigenvalue weighted by atomic mass is 10.0. The van der Waals surface area contributed by atoms with Crippen molar-refractivity contribution in [2.75, 3.05) is 38.6 Å². The van der Waals surface area contributed by atoms with E-state index in [-0.39, 0.29) is 0 Å². The monoisotopic (exact) mass is 249 g/mol. The molecule has 92 valence electrons. The molecular formula is C14H19NOS. The van der Waals surface area contributed by atoms with E-state index in [9.17, 15) is 0 Å². The van der Waals surface area contributed by atoms with Crippen molar-refractivity contribution in [3.63, 3.8) is 0 Å². The van der Waals surface area contributed by atoms with Crippen LogP contribution in [0.1, 0.15) is 17.9 Å². The summed E-state index contributed by atoms with van der Waals surface area (Å²) < 4.78 is 5.51. The number of hydrogen-bond acceptors (Lipinski definition) is 3. The Kier molecular flexibility index (Phi) is 3.69. The Morgan fingerprint density at radius 3 is 3.18 bits per heavy atom. The molecular weight excluding hydrogens is 230 g/mol. The number of hydrogen-bond donors (Lipinski definition) is 0. The van der Waals surface area contributed by atoms with Gasteiger partial charge in [-0.1, -0.05) is 18.2 Å². The molecule has 0 N–H and O–H groups in total. The molecule has 3 rings (SSSR count). The third-order valence-electron chi connectivity index (χ3n) is 3.59. The molecule has 2 heterocycles. The summed E-state index contributed by atoms with van der Waals surface area (Å²) in [6, 6.07) is 8.87. The van der Waals surface area contributed by atoms with Crippen LogP contribution in [0.5, 0.6) is 0 Å². The largest absolute Gasteiger partial charge is 0.380 e. The second kappa shape index (κ2) is 5.42. The van der Waals surface area contributed by atoms with Gasteiger partial charge in [0.15, 0.2) is 0 Å². The molecule has 17 heavy (non-hydrogen) atoms. The minimum atomic E-state index is 0.717. The van der Waals surface area contributed by atoms with Gasteiger partial charge in [-0.15, -0.1) is 11.8 Å². The van der Waals surface area contributed by atoms with E-state index >= 15 is 0 Å². The number of thioether (sulfide) groups is 1. The van der Waals surface area contributed by atoms with Crippen molar-refractivity contribution < 1.29 is 4.74 Å². The van der Waals surface area contributed by atoms with Crippen LogP contribution in [0.2, 0.25) is 0 Å². The zero-order valence-corrected chi connectivity index (χ0v) is 10.9. The standard InChI is InChI=1S/C14H19NOS/c1-2-5-14-13(4-1)12(11-17-14)10-15-6-3-8-16-9-7-15/h1-2,4-5,12H,3,6-11H2. The molecule has 0 spiro atoms. The number of fused-ring (bicyclic) bond motifs is 1. The van der Waals surface area contributed by atoms with Gasteiger partial charge < -0.3 is 9.64 Å². The van der Waals surface area contributed by atoms with Crippen molar-refractivity contribution >= 4 is 11.8 Å². The predicted molar refractivity (Wildman–Crippen MR) is 71.8 cm³/mol. The zero-order valence-electron chi connectivity index (χ0n) is 10.1. The summed E-state index contributed by atoms with van der Waals surface area (Å²) in [5.74, 6) is 1.96. The van der Waals surface area contributed by atoms with Gasteiger partial charge in [-0.05, 0) is 18.1 Å². The van der Waals surface area contributed by atoms with Gasteiger partial charge in [-0.3, -0.25) is 0 Å². The van der Waals surface area contributed by atoms with E-state index in [0.717, 1.165) is 19.8 Å². The Bertz CT molecular complexity index is 374. The Balaban J connectivity index is 1.66. The normalized spacial score (nSPS) is 25.5. The minimum Gasteiger partial charge on any atom is -0.380 e. The molecule has 2 aliphatic heterocycles. The molecule has 0 bridgehead atoms. The summed E-state index contributed by atoms with van der Waals surface area (Å²) in [5.41, 5.74) is 1.56. The molecule has 0 amide bonds. The molecule has 2 aliphatic rings. The summed E-state index contributed by atoms with van der Waals surface area (Å²) >= 11 is 2.01. The lowest BCUT2D eigenvalue weighted by Crippen LogP contribution is -2.31. The molecule has 3 heteroatoms. The molecule has 0 radical (unpaired) electrons. The maximum Gasteiger partial charge on any atom is 0.0593 e. The minimum absolute atomic E-state index is 0.717. The van der Waals surface area contributed by atoms with Crippen molar-refractivity contribution in [2.45, 2.75) is 17.2 Å². The van der Waals surface area contributed by atoms with Crippen LogP contribution in [-0.4, -0.2) is 43.5 Å². The van der Waals surface area contributed by atoms with Crippen molar-refractivity contribution in [3.8, 4) is 0 Å². The molecule has 2 nitrogen and oxygen atoms in total. The lowest BCUT2D eigenvalue weighted by Gasteiger charge is -2.23. The van der Waals surface area contributed by atoms with Gasteiger partial charge in [-0.2, -0.15) is 0 Å². The number of nitrogens with zero attached hydrogens (tertiary/aromatic N) is 1. The highest BCUT2D eigenvalue weighted by Crippen LogP contribution is 2.39. The smallest absolute Gasteiger partial charge is 0.0593 e. The fourth-order valence-corrected chi connectivity index (χ4v) is 3.91. The quantitative estimate of drug-likeness (QED) is 0.799.